The van der Waals surface area contributed by atoms with E-state index in [2.05, 4.69) is 5.16 Å². The molecule has 8 nitrogen and oxygen atoms in total. The Hall–Kier alpha value is -2.71. The smallest absolute Gasteiger partial charge is 0.274 e. The first kappa shape index (κ1) is 21.6. The van der Waals surface area contributed by atoms with Gasteiger partial charge >= 0.3 is 0 Å². The van der Waals surface area contributed by atoms with Crippen LogP contribution in [-0.4, -0.2) is 33.7 Å². The summed E-state index contributed by atoms with van der Waals surface area (Å²) < 4.78 is 11.0. The molecule has 0 aliphatic heterocycles. The first-order valence-electron chi connectivity index (χ1n) is 9.22. The van der Waals surface area contributed by atoms with Gasteiger partial charge in [0.15, 0.2) is 0 Å². The number of amides is 2. The molecule has 1 aromatic carbocycles. The third-order valence-electron chi connectivity index (χ3n) is 4.35. The Morgan fingerprint density at radius 2 is 1.86 bits per heavy atom. The van der Waals surface area contributed by atoms with Crippen molar-refractivity contribution in [1.82, 2.24) is 10.2 Å². The van der Waals surface area contributed by atoms with Crippen molar-refractivity contribution >= 4 is 11.8 Å². The Kier molecular flexibility index (Phi) is 7.71. The predicted molar refractivity (Wildman–Crippen MR) is 102 cm³/mol. The van der Waals surface area contributed by atoms with Crippen LogP contribution < -0.4 is 10.6 Å². The van der Waals surface area contributed by atoms with Gasteiger partial charge in [0, 0.05) is 25.0 Å². The summed E-state index contributed by atoms with van der Waals surface area (Å²) in [6, 6.07) is 5.12. The Morgan fingerprint density at radius 3 is 2.43 bits per heavy atom. The number of aromatic nitrogens is 1. The molecule has 28 heavy (non-hydrogen) atoms. The summed E-state index contributed by atoms with van der Waals surface area (Å²) in [6.45, 7) is 5.40. The van der Waals surface area contributed by atoms with Gasteiger partial charge in [-0.2, -0.15) is 0 Å². The predicted octanol–water partition coefficient (Wildman–Crippen LogP) is 2.44. The normalized spacial score (nSPS) is 10.8. The van der Waals surface area contributed by atoms with E-state index in [9.17, 15) is 9.59 Å². The summed E-state index contributed by atoms with van der Waals surface area (Å²) in [6.07, 6.45) is 3.55. The van der Waals surface area contributed by atoms with E-state index in [4.69, 9.17) is 20.2 Å². The van der Waals surface area contributed by atoms with Crippen LogP contribution in [0.3, 0.4) is 0 Å². The standard InChI is InChI=1S/C20H27N3O5/c1-13-9-16(20(26)23(21)15(3)25)10-14(2)19(13)27-8-6-4-5-7-18-11-17(12-24)22-28-18/h9-11,24H,4-8,12,21H2,1-3H3. The fourth-order valence-corrected chi connectivity index (χ4v) is 2.88. The minimum Gasteiger partial charge on any atom is -0.493 e. The number of nitrogens with zero attached hydrogens (tertiary/aromatic N) is 2. The van der Waals surface area contributed by atoms with Crippen LogP contribution in [0.2, 0.25) is 0 Å². The van der Waals surface area contributed by atoms with Crippen LogP contribution in [0.4, 0.5) is 0 Å². The first-order chi connectivity index (χ1) is 13.3. The van der Waals surface area contributed by atoms with Crippen molar-refractivity contribution in [3.05, 3.63) is 46.3 Å². The Labute approximate surface area is 164 Å². The highest BCUT2D eigenvalue weighted by Gasteiger charge is 2.18. The summed E-state index contributed by atoms with van der Waals surface area (Å²) in [4.78, 5) is 23.5. The molecule has 8 heteroatoms. The lowest BCUT2D eigenvalue weighted by atomic mass is 10.0. The van der Waals surface area contributed by atoms with E-state index in [1.807, 2.05) is 13.8 Å². The number of imide groups is 1. The molecule has 3 N–H and O–H groups in total. The van der Waals surface area contributed by atoms with Crippen molar-refractivity contribution in [2.24, 2.45) is 5.84 Å². The highest BCUT2D eigenvalue weighted by molar-refractivity contribution is 6.03. The lowest BCUT2D eigenvalue weighted by molar-refractivity contribution is -0.126. The molecule has 1 aromatic heterocycles. The molecule has 0 bridgehead atoms. The summed E-state index contributed by atoms with van der Waals surface area (Å²) in [5, 5.41) is 13.3. The molecule has 0 saturated carbocycles. The van der Waals surface area contributed by atoms with Crippen molar-refractivity contribution < 1.29 is 24.0 Å². The van der Waals surface area contributed by atoms with Gasteiger partial charge in [0.1, 0.15) is 17.2 Å². The van der Waals surface area contributed by atoms with Crippen LogP contribution in [0.1, 0.15) is 59.1 Å². The van der Waals surface area contributed by atoms with Gasteiger partial charge in [0.2, 0.25) is 5.91 Å². The average Bonchev–Trinajstić information content (AvgIpc) is 3.12. The Balaban J connectivity index is 1.82. The van der Waals surface area contributed by atoms with Gasteiger partial charge in [-0.1, -0.05) is 5.16 Å². The largest absolute Gasteiger partial charge is 0.493 e. The minimum atomic E-state index is -0.540. The van der Waals surface area contributed by atoms with Gasteiger partial charge in [-0.15, -0.1) is 0 Å². The summed E-state index contributed by atoms with van der Waals surface area (Å²) >= 11 is 0. The lowest BCUT2D eigenvalue weighted by Gasteiger charge is -2.16. The third kappa shape index (κ3) is 5.64. The van der Waals surface area contributed by atoms with E-state index < -0.39 is 11.8 Å². The molecule has 0 atom stereocenters. The molecule has 0 saturated heterocycles. The highest BCUT2D eigenvalue weighted by Crippen LogP contribution is 2.25. The molecule has 2 rings (SSSR count). The van der Waals surface area contributed by atoms with Crippen LogP contribution in [0.25, 0.3) is 0 Å². The summed E-state index contributed by atoms with van der Waals surface area (Å²) in [5.74, 6) is 5.95. The number of aliphatic hydroxyl groups excluding tert-OH is 1. The minimum absolute atomic E-state index is 0.113. The van der Waals surface area contributed by atoms with Gasteiger partial charge in [0.25, 0.3) is 5.91 Å². The van der Waals surface area contributed by atoms with Crippen LogP contribution >= 0.6 is 0 Å². The number of rotatable bonds is 9. The maximum Gasteiger partial charge on any atom is 0.274 e. The number of carbonyl (C=O) groups is 2. The molecule has 0 radical (unpaired) electrons. The molecule has 0 unspecified atom stereocenters. The van der Waals surface area contributed by atoms with E-state index in [1.165, 1.54) is 6.92 Å². The number of carbonyl (C=O) groups excluding carboxylic acids is 2. The second-order valence-corrected chi connectivity index (χ2v) is 6.74. The number of nitrogens with two attached hydrogens (primary N) is 1. The van der Waals surface area contributed by atoms with Crippen molar-refractivity contribution in [3.63, 3.8) is 0 Å². The molecular weight excluding hydrogens is 362 g/mol. The van der Waals surface area contributed by atoms with Gasteiger partial charge in [0.05, 0.1) is 13.2 Å². The molecule has 1 heterocycles. The SMILES string of the molecule is CC(=O)N(N)C(=O)c1cc(C)c(OCCCCCc2cc(CO)no2)c(C)c1. The van der Waals surface area contributed by atoms with E-state index in [0.717, 1.165) is 48.3 Å². The van der Waals surface area contributed by atoms with Crippen LogP contribution in [0.15, 0.2) is 22.7 Å². The fourth-order valence-electron chi connectivity index (χ4n) is 2.88. The third-order valence-corrected chi connectivity index (χ3v) is 4.35. The monoisotopic (exact) mass is 389 g/mol. The molecule has 2 amide bonds. The second-order valence-electron chi connectivity index (χ2n) is 6.74. The van der Waals surface area contributed by atoms with E-state index >= 15 is 0 Å². The molecule has 152 valence electrons. The zero-order valence-electron chi connectivity index (χ0n) is 16.5. The average molecular weight is 389 g/mol. The number of unbranched alkanes of at least 4 members (excludes halogenated alkanes) is 2. The second kappa shape index (κ2) is 10.0. The molecular formula is C20H27N3O5. The van der Waals surface area contributed by atoms with Crippen molar-refractivity contribution in [2.75, 3.05) is 6.61 Å². The number of benzene rings is 1. The molecule has 0 spiro atoms. The Morgan fingerprint density at radius 1 is 1.18 bits per heavy atom. The lowest BCUT2D eigenvalue weighted by Crippen LogP contribution is -2.41. The van der Waals surface area contributed by atoms with Crippen molar-refractivity contribution in [3.8, 4) is 5.75 Å². The van der Waals surface area contributed by atoms with Crippen LogP contribution in [0.5, 0.6) is 5.75 Å². The number of ether oxygens (including phenoxy) is 1. The topological polar surface area (TPSA) is 119 Å². The Bertz CT molecular complexity index is 808. The van der Waals surface area contributed by atoms with Crippen LogP contribution in [-0.2, 0) is 17.8 Å². The van der Waals surface area contributed by atoms with Crippen LogP contribution in [0, 0.1) is 13.8 Å². The van der Waals surface area contributed by atoms with Gasteiger partial charge in [-0.3, -0.25) is 9.59 Å². The molecule has 0 aliphatic rings. The van der Waals surface area contributed by atoms with Gasteiger partial charge in [-0.05, 0) is 56.4 Å². The number of hydrogen-bond acceptors (Lipinski definition) is 7. The van der Waals surface area contributed by atoms with E-state index in [-0.39, 0.29) is 6.61 Å². The maximum atomic E-state index is 12.2. The van der Waals surface area contributed by atoms with Gasteiger partial charge in [-0.25, -0.2) is 10.9 Å². The molecule has 0 aliphatic carbocycles. The summed E-state index contributed by atoms with van der Waals surface area (Å²) in [5.41, 5.74) is 2.54. The van der Waals surface area contributed by atoms with E-state index in [1.54, 1.807) is 18.2 Å². The fraction of sp³-hybridized carbons (Fsp3) is 0.450. The molecule has 2 aromatic rings. The number of aryl methyl sites for hydroxylation is 3. The molecule has 0 fully saturated rings. The first-order valence-corrected chi connectivity index (χ1v) is 9.22. The zero-order valence-corrected chi connectivity index (χ0v) is 16.5. The van der Waals surface area contributed by atoms with Crippen molar-refractivity contribution in [1.29, 1.82) is 0 Å². The summed E-state index contributed by atoms with van der Waals surface area (Å²) in [7, 11) is 0. The van der Waals surface area contributed by atoms with Crippen molar-refractivity contribution in [2.45, 2.75) is 53.1 Å². The highest BCUT2D eigenvalue weighted by atomic mass is 16.5. The van der Waals surface area contributed by atoms with Gasteiger partial charge < -0.3 is 14.4 Å². The maximum absolute atomic E-state index is 12.2. The zero-order chi connectivity index (χ0) is 20.7. The number of hydrogen-bond donors (Lipinski definition) is 2. The number of aliphatic hydroxyl groups is 1. The number of hydrazine groups is 1. The van der Waals surface area contributed by atoms with E-state index in [0.29, 0.717) is 22.9 Å². The quantitative estimate of drug-likeness (QED) is 0.292.